The summed E-state index contributed by atoms with van der Waals surface area (Å²) in [5.74, 6) is 2.57. The average Bonchev–Trinajstić information content (AvgIpc) is 2.65. The first-order valence-corrected chi connectivity index (χ1v) is 8.79. The summed E-state index contributed by atoms with van der Waals surface area (Å²) in [6.45, 7) is 5.56. The van der Waals surface area contributed by atoms with Gasteiger partial charge in [-0.2, -0.15) is 0 Å². The molecule has 0 saturated heterocycles. The van der Waals surface area contributed by atoms with Crippen LogP contribution in [0.2, 0.25) is 0 Å². The predicted molar refractivity (Wildman–Crippen MR) is 123 cm³/mol. The lowest BCUT2D eigenvalue weighted by Crippen LogP contribution is -2.38. The Bertz CT molecular complexity index is 763. The van der Waals surface area contributed by atoms with Gasteiger partial charge >= 0.3 is 0 Å². The summed E-state index contributed by atoms with van der Waals surface area (Å²) < 4.78 is 10.9. The van der Waals surface area contributed by atoms with Gasteiger partial charge in [-0.1, -0.05) is 29.8 Å². The van der Waals surface area contributed by atoms with Gasteiger partial charge in [-0.25, -0.2) is 0 Å². The maximum atomic E-state index is 5.45. The lowest BCUT2D eigenvalue weighted by molar-refractivity contribution is 0.408. The molecule has 0 amide bonds. The van der Waals surface area contributed by atoms with Crippen molar-refractivity contribution in [3.05, 3.63) is 58.7 Å². The van der Waals surface area contributed by atoms with Crippen molar-refractivity contribution in [1.29, 1.82) is 0 Å². The Kier molecular flexibility index (Phi) is 9.99. The molecule has 0 aliphatic carbocycles. The summed E-state index contributed by atoms with van der Waals surface area (Å²) in [7, 11) is 5.17. The Morgan fingerprint density at radius 1 is 0.889 bits per heavy atom. The number of hydrogen-bond donors (Lipinski definition) is 2. The van der Waals surface area contributed by atoms with E-state index in [9.17, 15) is 0 Å². The zero-order valence-corrected chi connectivity index (χ0v) is 19.1. The molecule has 2 rings (SSSR count). The van der Waals surface area contributed by atoms with E-state index in [2.05, 4.69) is 53.7 Å². The zero-order chi connectivity index (χ0) is 18.9. The lowest BCUT2D eigenvalue weighted by atomic mass is 10.1. The molecule has 2 aromatic carbocycles. The summed E-state index contributed by atoms with van der Waals surface area (Å²) in [6.07, 6.45) is 0.861. The van der Waals surface area contributed by atoms with Crippen LogP contribution in [0.15, 0.2) is 41.4 Å². The Balaban J connectivity index is 0.00000364. The number of rotatable bonds is 7. The first-order valence-electron chi connectivity index (χ1n) is 8.79. The highest BCUT2D eigenvalue weighted by Crippen LogP contribution is 2.20. The van der Waals surface area contributed by atoms with Crippen molar-refractivity contribution < 1.29 is 9.47 Å². The quantitative estimate of drug-likeness (QED) is 0.357. The topological polar surface area (TPSA) is 54.9 Å². The molecule has 5 nitrogen and oxygen atoms in total. The third kappa shape index (κ3) is 6.93. The standard InChI is InChI=1S/C21H29N3O2.HI/c1-15-7-9-19(25-4)17(12-15)10-11-23-21(22-3)24-14-18-8-6-16(2)13-20(18)26-5;/h6-9,12-13H,10-11,14H2,1-5H3,(H2,22,23,24);1H. The number of nitrogens with one attached hydrogen (secondary N) is 2. The highest BCUT2D eigenvalue weighted by Gasteiger charge is 2.06. The van der Waals surface area contributed by atoms with Gasteiger partial charge in [-0.05, 0) is 43.5 Å². The van der Waals surface area contributed by atoms with E-state index in [4.69, 9.17) is 9.47 Å². The molecular weight excluding hydrogens is 453 g/mol. The fourth-order valence-electron chi connectivity index (χ4n) is 2.82. The number of hydrogen-bond acceptors (Lipinski definition) is 3. The molecule has 27 heavy (non-hydrogen) atoms. The van der Waals surface area contributed by atoms with Crippen LogP contribution in [0.1, 0.15) is 22.3 Å². The number of aliphatic imine (C=N–C) groups is 1. The van der Waals surface area contributed by atoms with E-state index in [0.717, 1.165) is 36.0 Å². The molecule has 0 spiro atoms. The van der Waals surface area contributed by atoms with E-state index in [0.29, 0.717) is 6.54 Å². The third-order valence-electron chi connectivity index (χ3n) is 4.24. The van der Waals surface area contributed by atoms with Gasteiger partial charge < -0.3 is 20.1 Å². The minimum Gasteiger partial charge on any atom is -0.496 e. The summed E-state index contributed by atoms with van der Waals surface area (Å²) in [6, 6.07) is 12.4. The monoisotopic (exact) mass is 483 g/mol. The molecule has 0 unspecified atom stereocenters. The molecule has 0 atom stereocenters. The second-order valence-electron chi connectivity index (χ2n) is 6.23. The SMILES string of the molecule is CN=C(NCCc1cc(C)ccc1OC)NCc1ccc(C)cc1OC.I. The van der Waals surface area contributed by atoms with Crippen molar-refractivity contribution in [1.82, 2.24) is 10.6 Å². The van der Waals surface area contributed by atoms with Crippen LogP contribution in [0.3, 0.4) is 0 Å². The van der Waals surface area contributed by atoms with Gasteiger partial charge in [0, 0.05) is 25.7 Å². The number of halogens is 1. The largest absolute Gasteiger partial charge is 0.496 e. The zero-order valence-electron chi connectivity index (χ0n) is 16.8. The van der Waals surface area contributed by atoms with Gasteiger partial charge in [0.15, 0.2) is 5.96 Å². The van der Waals surface area contributed by atoms with Crippen LogP contribution in [0.4, 0.5) is 0 Å². The van der Waals surface area contributed by atoms with E-state index in [1.807, 2.05) is 12.1 Å². The molecule has 0 aliphatic rings. The van der Waals surface area contributed by atoms with Gasteiger partial charge in [0.1, 0.15) is 11.5 Å². The summed E-state index contributed by atoms with van der Waals surface area (Å²) in [5.41, 5.74) is 4.70. The molecule has 2 aromatic rings. The average molecular weight is 483 g/mol. The van der Waals surface area contributed by atoms with Crippen molar-refractivity contribution >= 4 is 29.9 Å². The van der Waals surface area contributed by atoms with Crippen LogP contribution in [0.5, 0.6) is 11.5 Å². The summed E-state index contributed by atoms with van der Waals surface area (Å²) >= 11 is 0. The Morgan fingerprint density at radius 3 is 2.22 bits per heavy atom. The molecule has 0 saturated carbocycles. The van der Waals surface area contributed by atoms with Crippen LogP contribution < -0.4 is 20.1 Å². The third-order valence-corrected chi connectivity index (χ3v) is 4.24. The molecular formula is C21H30IN3O2. The van der Waals surface area contributed by atoms with Crippen LogP contribution in [0.25, 0.3) is 0 Å². The Hall–Kier alpha value is -1.96. The number of aryl methyl sites for hydroxylation is 2. The van der Waals surface area contributed by atoms with Gasteiger partial charge in [0.2, 0.25) is 0 Å². The minimum absolute atomic E-state index is 0. The van der Waals surface area contributed by atoms with E-state index < -0.39 is 0 Å². The first kappa shape index (κ1) is 23.1. The van der Waals surface area contributed by atoms with E-state index in [1.54, 1.807) is 21.3 Å². The van der Waals surface area contributed by atoms with Crippen molar-refractivity contribution in [3.63, 3.8) is 0 Å². The molecule has 0 aromatic heterocycles. The van der Waals surface area contributed by atoms with E-state index in [1.165, 1.54) is 16.7 Å². The fourth-order valence-corrected chi connectivity index (χ4v) is 2.82. The molecule has 0 aliphatic heterocycles. The normalized spacial score (nSPS) is 10.8. The molecule has 0 fully saturated rings. The van der Waals surface area contributed by atoms with Crippen molar-refractivity contribution in [2.75, 3.05) is 27.8 Å². The maximum Gasteiger partial charge on any atom is 0.191 e. The molecule has 6 heteroatoms. The van der Waals surface area contributed by atoms with Crippen LogP contribution in [-0.4, -0.2) is 33.8 Å². The first-order chi connectivity index (χ1) is 12.6. The highest BCUT2D eigenvalue weighted by molar-refractivity contribution is 14.0. The molecule has 2 N–H and O–H groups in total. The molecule has 0 bridgehead atoms. The number of ether oxygens (including phenoxy) is 2. The van der Waals surface area contributed by atoms with Crippen molar-refractivity contribution in [2.45, 2.75) is 26.8 Å². The van der Waals surface area contributed by atoms with E-state index >= 15 is 0 Å². The van der Waals surface area contributed by atoms with Gasteiger partial charge in [0.05, 0.1) is 14.2 Å². The summed E-state index contributed by atoms with van der Waals surface area (Å²) in [4.78, 5) is 4.29. The van der Waals surface area contributed by atoms with Gasteiger partial charge in [-0.3, -0.25) is 4.99 Å². The number of guanidine groups is 1. The predicted octanol–water partition coefficient (Wildman–Crippen LogP) is 3.85. The van der Waals surface area contributed by atoms with Crippen LogP contribution >= 0.6 is 24.0 Å². The number of nitrogens with zero attached hydrogens (tertiary/aromatic N) is 1. The number of benzene rings is 2. The second-order valence-corrected chi connectivity index (χ2v) is 6.23. The molecule has 0 heterocycles. The number of methoxy groups -OCH3 is 2. The minimum atomic E-state index is 0. The van der Waals surface area contributed by atoms with Crippen LogP contribution in [-0.2, 0) is 13.0 Å². The van der Waals surface area contributed by atoms with Crippen molar-refractivity contribution in [3.8, 4) is 11.5 Å². The second kappa shape index (κ2) is 11.7. The maximum absolute atomic E-state index is 5.45. The summed E-state index contributed by atoms with van der Waals surface area (Å²) in [5, 5.41) is 6.68. The van der Waals surface area contributed by atoms with E-state index in [-0.39, 0.29) is 24.0 Å². The smallest absolute Gasteiger partial charge is 0.191 e. The lowest BCUT2D eigenvalue weighted by Gasteiger charge is -2.15. The fraction of sp³-hybridized carbons (Fsp3) is 0.381. The van der Waals surface area contributed by atoms with Crippen molar-refractivity contribution in [2.24, 2.45) is 4.99 Å². The Labute approximate surface area is 179 Å². The highest BCUT2D eigenvalue weighted by atomic mass is 127. The molecule has 148 valence electrons. The van der Waals surface area contributed by atoms with Gasteiger partial charge in [-0.15, -0.1) is 24.0 Å². The Morgan fingerprint density at radius 2 is 1.56 bits per heavy atom. The van der Waals surface area contributed by atoms with Gasteiger partial charge in [0.25, 0.3) is 0 Å². The van der Waals surface area contributed by atoms with Crippen LogP contribution in [0, 0.1) is 13.8 Å². The molecule has 0 radical (unpaired) electrons.